The van der Waals surface area contributed by atoms with Crippen LogP contribution < -0.4 is 9.64 Å². The molecule has 0 fully saturated rings. The Kier molecular flexibility index (Phi) is 5.36. The molecule has 1 rings (SSSR count). The highest BCUT2D eigenvalue weighted by Gasteiger charge is 2.21. The Bertz CT molecular complexity index is 430. The summed E-state index contributed by atoms with van der Waals surface area (Å²) < 4.78 is 5.32. The second-order valence-electron chi connectivity index (χ2n) is 4.80. The number of hydrogen-bond acceptors (Lipinski definition) is 3. The van der Waals surface area contributed by atoms with Crippen molar-refractivity contribution < 1.29 is 14.6 Å². The second-order valence-corrected chi connectivity index (χ2v) is 4.80. The van der Waals surface area contributed by atoms with Gasteiger partial charge in [-0.3, -0.25) is 4.79 Å². The number of carbonyl (C=O) groups excluding carboxylic acids is 1. The second kappa shape index (κ2) is 6.57. The normalized spacial score (nSPS) is 12.1. The van der Waals surface area contributed by atoms with Crippen molar-refractivity contribution in [1.82, 2.24) is 0 Å². The van der Waals surface area contributed by atoms with Crippen molar-refractivity contribution in [2.45, 2.75) is 27.2 Å². The molecule has 0 saturated heterocycles. The minimum absolute atomic E-state index is 0.0611. The van der Waals surface area contributed by atoms with Gasteiger partial charge in [-0.2, -0.15) is 0 Å². The molecule has 0 heterocycles. The van der Waals surface area contributed by atoms with Gasteiger partial charge in [-0.15, -0.1) is 0 Å². The van der Waals surface area contributed by atoms with E-state index in [9.17, 15) is 9.90 Å². The van der Waals surface area contributed by atoms with Crippen molar-refractivity contribution >= 4 is 11.6 Å². The molecule has 106 valence electrons. The van der Waals surface area contributed by atoms with Crippen molar-refractivity contribution in [3.8, 4) is 5.75 Å². The quantitative estimate of drug-likeness (QED) is 0.888. The molecule has 19 heavy (non-hydrogen) atoms. The molecule has 1 amide bonds. The Balaban J connectivity index is 3.07. The van der Waals surface area contributed by atoms with Gasteiger partial charge >= 0.3 is 0 Å². The number of rotatable bonds is 5. The third-order valence-electron chi connectivity index (χ3n) is 3.43. The van der Waals surface area contributed by atoms with Gasteiger partial charge in [-0.05, 0) is 43.5 Å². The van der Waals surface area contributed by atoms with E-state index < -0.39 is 0 Å². The Morgan fingerprint density at radius 1 is 1.37 bits per heavy atom. The molecule has 0 aliphatic rings. The van der Waals surface area contributed by atoms with E-state index in [0.29, 0.717) is 6.42 Å². The molecule has 1 aromatic carbocycles. The zero-order chi connectivity index (χ0) is 14.6. The third-order valence-corrected chi connectivity index (χ3v) is 3.43. The minimum atomic E-state index is -0.340. The molecular weight excluding hydrogens is 242 g/mol. The standard InChI is InChI=1S/C15H23NO3/c1-6-12(9-17)15(18)16(4)13-7-10(2)14(19-5)11(3)8-13/h7-8,12,17H,6,9H2,1-5H3. The molecule has 1 N–H and O–H groups in total. The summed E-state index contributed by atoms with van der Waals surface area (Å²) in [5.74, 6) is 0.445. The molecule has 0 aliphatic heterocycles. The molecule has 0 bridgehead atoms. The zero-order valence-corrected chi connectivity index (χ0v) is 12.4. The average molecular weight is 265 g/mol. The number of aliphatic hydroxyl groups excluding tert-OH is 1. The number of hydrogen-bond donors (Lipinski definition) is 1. The topological polar surface area (TPSA) is 49.8 Å². The van der Waals surface area contributed by atoms with Crippen LogP contribution in [0.3, 0.4) is 0 Å². The Labute approximate surface area is 115 Å². The molecule has 0 radical (unpaired) electrons. The first-order valence-corrected chi connectivity index (χ1v) is 6.49. The summed E-state index contributed by atoms with van der Waals surface area (Å²) in [5.41, 5.74) is 2.82. The number of benzene rings is 1. The van der Waals surface area contributed by atoms with E-state index in [1.54, 1.807) is 19.1 Å². The third kappa shape index (κ3) is 3.26. The fourth-order valence-electron chi connectivity index (χ4n) is 2.23. The average Bonchev–Trinajstić information content (AvgIpc) is 2.38. The highest BCUT2D eigenvalue weighted by molar-refractivity contribution is 5.94. The van der Waals surface area contributed by atoms with Gasteiger partial charge in [0.05, 0.1) is 19.6 Å². The van der Waals surface area contributed by atoms with Crippen LogP contribution in [0.15, 0.2) is 12.1 Å². The van der Waals surface area contributed by atoms with Crippen molar-refractivity contribution in [2.24, 2.45) is 5.92 Å². The molecule has 4 nitrogen and oxygen atoms in total. The molecule has 0 aromatic heterocycles. The summed E-state index contributed by atoms with van der Waals surface area (Å²) in [6, 6.07) is 3.85. The smallest absolute Gasteiger partial charge is 0.232 e. The lowest BCUT2D eigenvalue weighted by atomic mass is 10.0. The van der Waals surface area contributed by atoms with Gasteiger partial charge in [0.25, 0.3) is 0 Å². The lowest BCUT2D eigenvalue weighted by Crippen LogP contribution is -2.34. The fraction of sp³-hybridized carbons (Fsp3) is 0.533. The van der Waals surface area contributed by atoms with Gasteiger partial charge in [0.15, 0.2) is 0 Å². The van der Waals surface area contributed by atoms with Crippen LogP contribution in [0.2, 0.25) is 0 Å². The first-order chi connectivity index (χ1) is 8.96. The maximum absolute atomic E-state index is 12.2. The van der Waals surface area contributed by atoms with E-state index in [1.165, 1.54) is 0 Å². The van der Waals surface area contributed by atoms with E-state index in [-0.39, 0.29) is 18.4 Å². The number of aliphatic hydroxyl groups is 1. The number of ether oxygens (including phenoxy) is 1. The van der Waals surface area contributed by atoms with Gasteiger partial charge < -0.3 is 14.7 Å². The lowest BCUT2D eigenvalue weighted by Gasteiger charge is -2.23. The number of methoxy groups -OCH3 is 1. The lowest BCUT2D eigenvalue weighted by molar-refractivity contribution is -0.123. The van der Waals surface area contributed by atoms with Crippen LogP contribution in [0, 0.1) is 19.8 Å². The summed E-state index contributed by atoms with van der Waals surface area (Å²) in [4.78, 5) is 13.8. The maximum Gasteiger partial charge on any atom is 0.232 e. The molecule has 1 aromatic rings. The van der Waals surface area contributed by atoms with Crippen LogP contribution in [-0.4, -0.2) is 31.8 Å². The first kappa shape index (κ1) is 15.5. The highest BCUT2D eigenvalue weighted by atomic mass is 16.5. The van der Waals surface area contributed by atoms with Gasteiger partial charge in [0.1, 0.15) is 5.75 Å². The van der Waals surface area contributed by atoms with Gasteiger partial charge in [-0.1, -0.05) is 6.92 Å². The Morgan fingerprint density at radius 3 is 2.26 bits per heavy atom. The molecular formula is C15H23NO3. The summed E-state index contributed by atoms with van der Waals surface area (Å²) in [7, 11) is 3.38. The van der Waals surface area contributed by atoms with E-state index >= 15 is 0 Å². The highest BCUT2D eigenvalue weighted by Crippen LogP contribution is 2.29. The summed E-state index contributed by atoms with van der Waals surface area (Å²) in [6.45, 7) is 5.69. The van der Waals surface area contributed by atoms with E-state index in [0.717, 1.165) is 22.6 Å². The molecule has 1 unspecified atom stereocenters. The molecule has 0 aliphatic carbocycles. The van der Waals surface area contributed by atoms with Crippen LogP contribution in [0.4, 0.5) is 5.69 Å². The summed E-state index contributed by atoms with van der Waals surface area (Å²) in [6.07, 6.45) is 0.633. The van der Waals surface area contributed by atoms with Crippen LogP contribution in [0.25, 0.3) is 0 Å². The summed E-state index contributed by atoms with van der Waals surface area (Å²) >= 11 is 0. The van der Waals surface area contributed by atoms with E-state index in [1.807, 2.05) is 32.9 Å². The monoisotopic (exact) mass is 265 g/mol. The van der Waals surface area contributed by atoms with Crippen molar-refractivity contribution in [3.05, 3.63) is 23.3 Å². The number of nitrogens with zero attached hydrogens (tertiary/aromatic N) is 1. The number of anilines is 1. The fourth-order valence-corrected chi connectivity index (χ4v) is 2.23. The van der Waals surface area contributed by atoms with E-state index in [2.05, 4.69) is 0 Å². The van der Waals surface area contributed by atoms with Crippen LogP contribution in [0.5, 0.6) is 5.75 Å². The minimum Gasteiger partial charge on any atom is -0.496 e. The first-order valence-electron chi connectivity index (χ1n) is 6.49. The molecule has 4 heteroatoms. The van der Waals surface area contributed by atoms with Crippen LogP contribution in [0.1, 0.15) is 24.5 Å². The predicted octanol–water partition coefficient (Wildman–Crippen LogP) is 2.29. The van der Waals surface area contributed by atoms with Crippen LogP contribution >= 0.6 is 0 Å². The number of aryl methyl sites for hydroxylation is 2. The maximum atomic E-state index is 12.2. The summed E-state index contributed by atoms with van der Waals surface area (Å²) in [5, 5.41) is 9.22. The van der Waals surface area contributed by atoms with E-state index in [4.69, 9.17) is 4.74 Å². The van der Waals surface area contributed by atoms with Crippen molar-refractivity contribution in [1.29, 1.82) is 0 Å². The predicted molar refractivity (Wildman–Crippen MR) is 76.7 cm³/mol. The molecule has 1 atom stereocenters. The van der Waals surface area contributed by atoms with Gasteiger partial charge in [-0.25, -0.2) is 0 Å². The number of amides is 1. The zero-order valence-electron chi connectivity index (χ0n) is 12.4. The van der Waals surface area contributed by atoms with Gasteiger partial charge in [0, 0.05) is 12.7 Å². The SMILES string of the molecule is CCC(CO)C(=O)N(C)c1cc(C)c(OC)c(C)c1. The largest absolute Gasteiger partial charge is 0.496 e. The Hall–Kier alpha value is -1.55. The van der Waals surface area contributed by atoms with Crippen molar-refractivity contribution in [2.75, 3.05) is 25.7 Å². The number of carbonyl (C=O) groups is 1. The van der Waals surface area contributed by atoms with Gasteiger partial charge in [0.2, 0.25) is 5.91 Å². The molecule has 0 saturated carbocycles. The Morgan fingerprint density at radius 2 is 1.89 bits per heavy atom. The van der Waals surface area contributed by atoms with Crippen molar-refractivity contribution in [3.63, 3.8) is 0 Å². The molecule has 0 spiro atoms. The van der Waals surface area contributed by atoms with Crippen LogP contribution in [-0.2, 0) is 4.79 Å².